The average molecular weight is 280 g/mol. The van der Waals surface area contributed by atoms with Gasteiger partial charge in [0.2, 0.25) is 0 Å². The van der Waals surface area contributed by atoms with E-state index in [4.69, 9.17) is 0 Å². The molecule has 7 heteroatoms. The second-order valence-electron chi connectivity index (χ2n) is 3.68. The number of sulfone groups is 1. The number of hydrogen-bond donors (Lipinski definition) is 0. The van der Waals surface area contributed by atoms with Gasteiger partial charge in [-0.1, -0.05) is 13.0 Å². The number of carbonyl (C=O) groups is 1. The molecule has 0 amide bonds. The van der Waals surface area contributed by atoms with Crippen LogP contribution in [0.1, 0.15) is 18.9 Å². The molecule has 0 atom stereocenters. The van der Waals surface area contributed by atoms with Crippen LogP contribution in [0, 0.1) is 0 Å². The molecule has 0 spiro atoms. The fourth-order valence-corrected chi connectivity index (χ4v) is 2.65. The minimum atomic E-state index is -4.61. The summed E-state index contributed by atoms with van der Waals surface area (Å²) in [7, 11) is -4.00. The van der Waals surface area contributed by atoms with Crippen molar-refractivity contribution in [3.05, 3.63) is 29.8 Å². The van der Waals surface area contributed by atoms with E-state index < -0.39 is 38.0 Å². The maximum absolute atomic E-state index is 12.4. The van der Waals surface area contributed by atoms with Crippen molar-refractivity contribution in [1.82, 2.24) is 0 Å². The van der Waals surface area contributed by atoms with Crippen LogP contribution in [0.5, 0.6) is 0 Å². The molecule has 0 aromatic heterocycles. The van der Waals surface area contributed by atoms with Gasteiger partial charge in [0.15, 0.2) is 9.84 Å². The Morgan fingerprint density at radius 3 is 2.39 bits per heavy atom. The average Bonchev–Trinajstić information content (AvgIpc) is 2.27. The van der Waals surface area contributed by atoms with Crippen LogP contribution >= 0.6 is 0 Å². The van der Waals surface area contributed by atoms with Crippen molar-refractivity contribution in [1.29, 1.82) is 0 Å². The lowest BCUT2D eigenvalue weighted by Crippen LogP contribution is -2.16. The van der Waals surface area contributed by atoms with Gasteiger partial charge in [0.25, 0.3) is 0 Å². The number of alkyl halides is 3. The maximum atomic E-state index is 12.4. The fourth-order valence-electron chi connectivity index (χ4n) is 1.26. The van der Waals surface area contributed by atoms with Crippen molar-refractivity contribution in [3.63, 3.8) is 0 Å². The summed E-state index contributed by atoms with van der Waals surface area (Å²) in [6.07, 6.45) is -4.58. The first kappa shape index (κ1) is 14.7. The number of benzene rings is 1. The highest BCUT2D eigenvalue weighted by molar-refractivity contribution is 7.92. The summed E-state index contributed by atoms with van der Waals surface area (Å²) in [6, 6.07) is 3.37. The van der Waals surface area contributed by atoms with Crippen LogP contribution in [0.15, 0.2) is 29.2 Å². The summed E-state index contributed by atoms with van der Waals surface area (Å²) in [4.78, 5) is 10.6. The molecule has 0 radical (unpaired) electrons. The van der Waals surface area contributed by atoms with Gasteiger partial charge in [0, 0.05) is 6.42 Å². The molecule has 0 N–H and O–H groups in total. The molecule has 0 fully saturated rings. The Hall–Kier alpha value is -1.37. The van der Waals surface area contributed by atoms with E-state index in [0.29, 0.717) is 6.07 Å². The molecule has 0 heterocycles. The first-order valence-corrected chi connectivity index (χ1v) is 6.74. The molecule has 1 aromatic rings. The van der Waals surface area contributed by atoms with Crippen LogP contribution in [-0.4, -0.2) is 20.0 Å². The van der Waals surface area contributed by atoms with Crippen LogP contribution in [0.25, 0.3) is 0 Å². The Bertz CT molecular complexity index is 547. The van der Waals surface area contributed by atoms with E-state index in [9.17, 15) is 26.4 Å². The number of rotatable bonds is 4. The van der Waals surface area contributed by atoms with Gasteiger partial charge in [0.1, 0.15) is 11.5 Å². The molecular formula is C11H11F3O3S. The Labute approximate surface area is 103 Å². The zero-order valence-corrected chi connectivity index (χ0v) is 10.3. The minimum Gasteiger partial charge on any atom is -0.299 e. The van der Waals surface area contributed by atoms with Gasteiger partial charge in [-0.05, 0) is 18.2 Å². The SMILES string of the molecule is CCC(=O)CS(=O)(=O)c1cccc(C(F)(F)F)c1. The van der Waals surface area contributed by atoms with Gasteiger partial charge < -0.3 is 0 Å². The first-order chi connectivity index (χ1) is 8.16. The van der Waals surface area contributed by atoms with E-state index in [1.165, 1.54) is 6.92 Å². The summed E-state index contributed by atoms with van der Waals surface area (Å²) >= 11 is 0. The highest BCUT2D eigenvalue weighted by Gasteiger charge is 2.31. The van der Waals surface area contributed by atoms with Gasteiger partial charge in [-0.2, -0.15) is 13.2 Å². The van der Waals surface area contributed by atoms with Crippen LogP contribution in [0.4, 0.5) is 13.2 Å². The fraction of sp³-hybridized carbons (Fsp3) is 0.364. The Morgan fingerprint density at radius 1 is 1.28 bits per heavy atom. The van der Waals surface area contributed by atoms with Crippen molar-refractivity contribution in [3.8, 4) is 0 Å². The zero-order valence-electron chi connectivity index (χ0n) is 9.49. The van der Waals surface area contributed by atoms with Crippen LogP contribution in [0.3, 0.4) is 0 Å². The van der Waals surface area contributed by atoms with E-state index in [2.05, 4.69) is 0 Å². The van der Waals surface area contributed by atoms with Crippen LogP contribution < -0.4 is 0 Å². The van der Waals surface area contributed by atoms with Crippen molar-refractivity contribution in [2.75, 3.05) is 5.75 Å². The summed E-state index contributed by atoms with van der Waals surface area (Å²) in [5.41, 5.74) is -1.05. The van der Waals surface area contributed by atoms with E-state index in [1.54, 1.807) is 0 Å². The third-order valence-electron chi connectivity index (χ3n) is 2.27. The smallest absolute Gasteiger partial charge is 0.299 e. The van der Waals surface area contributed by atoms with Crippen molar-refractivity contribution in [2.24, 2.45) is 0 Å². The lowest BCUT2D eigenvalue weighted by Gasteiger charge is -2.08. The molecule has 0 aliphatic carbocycles. The van der Waals surface area contributed by atoms with Gasteiger partial charge in [-0.3, -0.25) is 4.79 Å². The molecule has 1 aromatic carbocycles. The maximum Gasteiger partial charge on any atom is 0.416 e. The zero-order chi connectivity index (χ0) is 14.0. The van der Waals surface area contributed by atoms with Crippen molar-refractivity contribution in [2.45, 2.75) is 24.4 Å². The molecule has 0 unspecified atom stereocenters. The van der Waals surface area contributed by atoms with Gasteiger partial charge >= 0.3 is 6.18 Å². The lowest BCUT2D eigenvalue weighted by molar-refractivity contribution is -0.137. The summed E-state index contributed by atoms with van der Waals surface area (Å²) in [5.74, 6) is -1.31. The standard InChI is InChI=1S/C11H11F3O3S/c1-2-9(15)7-18(16,17)10-5-3-4-8(6-10)11(12,13)14/h3-6H,2,7H2,1H3. The van der Waals surface area contributed by atoms with Gasteiger partial charge in [0.05, 0.1) is 10.5 Å². The molecule has 3 nitrogen and oxygen atoms in total. The quantitative estimate of drug-likeness (QED) is 0.851. The predicted molar refractivity (Wildman–Crippen MR) is 58.8 cm³/mol. The molecule has 0 aliphatic heterocycles. The van der Waals surface area contributed by atoms with Crippen LogP contribution in [0.2, 0.25) is 0 Å². The number of carbonyl (C=O) groups excluding carboxylic acids is 1. The molecule has 0 saturated carbocycles. The molecule has 0 aliphatic rings. The Balaban J connectivity index is 3.15. The van der Waals surface area contributed by atoms with E-state index in [0.717, 1.165) is 18.2 Å². The number of halogens is 3. The van der Waals surface area contributed by atoms with Crippen molar-refractivity contribution >= 4 is 15.6 Å². The number of hydrogen-bond acceptors (Lipinski definition) is 3. The summed E-state index contributed by atoms with van der Waals surface area (Å²) in [6.45, 7) is 1.49. The normalized spacial score (nSPS) is 12.4. The second kappa shape index (κ2) is 5.09. The molecule has 0 saturated heterocycles. The molecule has 1 rings (SSSR count). The third kappa shape index (κ3) is 3.56. The highest BCUT2D eigenvalue weighted by Crippen LogP contribution is 2.30. The monoisotopic (exact) mass is 280 g/mol. The predicted octanol–water partition coefficient (Wildman–Crippen LogP) is 2.46. The second-order valence-corrected chi connectivity index (χ2v) is 5.67. The Kier molecular flexibility index (Phi) is 4.16. The van der Waals surface area contributed by atoms with Gasteiger partial charge in [-0.15, -0.1) is 0 Å². The molecule has 100 valence electrons. The van der Waals surface area contributed by atoms with Gasteiger partial charge in [-0.25, -0.2) is 8.42 Å². The largest absolute Gasteiger partial charge is 0.416 e. The summed E-state index contributed by atoms with van der Waals surface area (Å²) < 4.78 is 60.7. The minimum absolute atomic E-state index is 0.0260. The molecule has 0 bridgehead atoms. The topological polar surface area (TPSA) is 51.2 Å². The van der Waals surface area contributed by atoms with Crippen molar-refractivity contribution < 1.29 is 26.4 Å². The molecular weight excluding hydrogens is 269 g/mol. The first-order valence-electron chi connectivity index (χ1n) is 5.08. The number of ketones is 1. The third-order valence-corrected chi connectivity index (χ3v) is 3.94. The highest BCUT2D eigenvalue weighted by atomic mass is 32.2. The van der Waals surface area contributed by atoms with E-state index >= 15 is 0 Å². The lowest BCUT2D eigenvalue weighted by atomic mass is 10.2. The van der Waals surface area contributed by atoms with E-state index in [1.807, 2.05) is 0 Å². The van der Waals surface area contributed by atoms with Crippen LogP contribution in [-0.2, 0) is 20.8 Å². The number of Topliss-reactive ketones (excluding diaryl/α,β-unsaturated/α-hetero) is 1. The summed E-state index contributed by atoms with van der Waals surface area (Å²) in [5, 5.41) is 0. The Morgan fingerprint density at radius 2 is 1.89 bits per heavy atom. The van der Waals surface area contributed by atoms with E-state index in [-0.39, 0.29) is 6.42 Å². The molecule has 18 heavy (non-hydrogen) atoms.